The van der Waals surface area contributed by atoms with Crippen LogP contribution in [0.15, 0.2) is 182 Å². The molecule has 232 valence electrons. The summed E-state index contributed by atoms with van der Waals surface area (Å²) in [4.78, 5) is 2.33. The first-order valence-corrected chi connectivity index (χ1v) is 16.5. The van der Waals surface area contributed by atoms with Crippen molar-refractivity contribution in [3.63, 3.8) is 0 Å². The minimum atomic E-state index is 1.12. The predicted octanol–water partition coefficient (Wildman–Crippen LogP) is 13.1. The van der Waals surface area contributed by atoms with E-state index in [1.807, 2.05) is 12.1 Å². The average Bonchev–Trinajstić information content (AvgIpc) is 3.13. The van der Waals surface area contributed by atoms with Crippen LogP contribution in [0.1, 0.15) is 47.6 Å². The van der Waals surface area contributed by atoms with E-state index >= 15 is 0 Å². The topological polar surface area (TPSA) is 3.24 Å². The second-order valence-corrected chi connectivity index (χ2v) is 11.3. The maximum absolute atomic E-state index is 2.33. The first-order valence-electron chi connectivity index (χ1n) is 16.5. The fourth-order valence-electron chi connectivity index (χ4n) is 5.16. The largest absolute Gasteiger partial charge is 0.311 e. The van der Waals surface area contributed by atoms with Crippen LogP contribution in [0.2, 0.25) is 0 Å². The summed E-state index contributed by atoms with van der Waals surface area (Å²) in [5, 5.41) is 0. The molecule has 1 nitrogen and oxygen atoms in total. The van der Waals surface area contributed by atoms with Crippen LogP contribution in [-0.4, -0.2) is 0 Å². The Morgan fingerprint density at radius 2 is 0.723 bits per heavy atom. The first kappa shape index (κ1) is 32.7. The zero-order valence-electron chi connectivity index (χ0n) is 27.2. The fraction of sp³-hybridized carbons (Fsp3) is 0.0870. The third-order valence-corrected chi connectivity index (χ3v) is 7.74. The fourth-order valence-corrected chi connectivity index (χ4v) is 5.16. The van der Waals surface area contributed by atoms with Crippen molar-refractivity contribution in [2.24, 2.45) is 0 Å². The summed E-state index contributed by atoms with van der Waals surface area (Å²) < 4.78 is 0. The molecule has 5 aromatic rings. The lowest BCUT2D eigenvalue weighted by Gasteiger charge is -2.26. The molecule has 0 amide bonds. The summed E-state index contributed by atoms with van der Waals surface area (Å²) in [5.74, 6) is 0. The summed E-state index contributed by atoms with van der Waals surface area (Å²) in [6.07, 6.45) is 28.6. The molecule has 1 heteroatoms. The Kier molecular flexibility index (Phi) is 12.8. The van der Waals surface area contributed by atoms with Gasteiger partial charge < -0.3 is 4.90 Å². The summed E-state index contributed by atoms with van der Waals surface area (Å²) in [5.41, 5.74) is 9.50. The lowest BCUT2D eigenvalue weighted by molar-refractivity contribution is 0.795. The van der Waals surface area contributed by atoms with Crippen LogP contribution in [0, 0.1) is 0 Å². The van der Waals surface area contributed by atoms with Crippen LogP contribution in [0.3, 0.4) is 0 Å². The van der Waals surface area contributed by atoms with Gasteiger partial charge in [0.15, 0.2) is 0 Å². The van der Waals surface area contributed by atoms with Gasteiger partial charge in [-0.15, -0.1) is 0 Å². The van der Waals surface area contributed by atoms with E-state index in [0.717, 1.165) is 34.6 Å². The highest BCUT2D eigenvalue weighted by Gasteiger charge is 2.12. The Labute approximate surface area is 281 Å². The number of hydrogen-bond acceptors (Lipinski definition) is 1. The minimum absolute atomic E-state index is 1.12. The van der Waals surface area contributed by atoms with Crippen molar-refractivity contribution in [2.45, 2.75) is 26.2 Å². The van der Waals surface area contributed by atoms with Crippen molar-refractivity contribution in [1.82, 2.24) is 0 Å². The zero-order valence-corrected chi connectivity index (χ0v) is 27.2. The second-order valence-electron chi connectivity index (χ2n) is 11.3. The van der Waals surface area contributed by atoms with Gasteiger partial charge in [0.05, 0.1) is 0 Å². The third kappa shape index (κ3) is 10.7. The molecule has 5 rings (SSSR count). The van der Waals surface area contributed by atoms with E-state index in [2.05, 4.69) is 206 Å². The van der Waals surface area contributed by atoms with E-state index in [0.29, 0.717) is 0 Å². The molecule has 0 aliphatic carbocycles. The van der Waals surface area contributed by atoms with Gasteiger partial charge in [-0.25, -0.2) is 0 Å². The molecule has 0 aromatic heterocycles. The highest BCUT2D eigenvalue weighted by Crippen LogP contribution is 2.35. The number of nitrogens with zero attached hydrogens (tertiary/aromatic N) is 1. The lowest BCUT2D eigenvalue weighted by atomic mass is 10.1. The molecule has 0 unspecified atom stereocenters. The highest BCUT2D eigenvalue weighted by molar-refractivity contribution is 5.78. The summed E-state index contributed by atoms with van der Waals surface area (Å²) >= 11 is 0. The van der Waals surface area contributed by atoms with Gasteiger partial charge in [-0.1, -0.05) is 183 Å². The van der Waals surface area contributed by atoms with E-state index < -0.39 is 0 Å². The summed E-state index contributed by atoms with van der Waals surface area (Å²) in [6.45, 7) is 2.24. The minimum Gasteiger partial charge on any atom is -0.311 e. The molecule has 0 fully saturated rings. The van der Waals surface area contributed by atoms with Crippen LogP contribution < -0.4 is 4.90 Å². The summed E-state index contributed by atoms with van der Waals surface area (Å²) in [7, 11) is 0. The van der Waals surface area contributed by atoms with Crippen LogP contribution in [0.4, 0.5) is 17.1 Å². The molecular weight excluding hydrogens is 567 g/mol. The monoisotopic (exact) mass is 609 g/mol. The maximum atomic E-state index is 2.33. The van der Waals surface area contributed by atoms with Gasteiger partial charge in [-0.05, 0) is 77.1 Å². The molecule has 0 aliphatic heterocycles. The Morgan fingerprint density at radius 1 is 0.383 bits per heavy atom. The van der Waals surface area contributed by atoms with Crippen molar-refractivity contribution in [3.8, 4) is 0 Å². The van der Waals surface area contributed by atoms with Crippen molar-refractivity contribution in [3.05, 3.63) is 210 Å². The van der Waals surface area contributed by atoms with Crippen LogP contribution in [0.25, 0.3) is 24.3 Å². The quantitative estimate of drug-likeness (QED) is 0.113. The first-order chi connectivity index (χ1) is 23.3. The maximum Gasteiger partial charge on any atom is 0.0462 e. The van der Waals surface area contributed by atoms with Crippen LogP contribution in [-0.2, 0) is 6.42 Å². The number of rotatable bonds is 14. The smallest absolute Gasteiger partial charge is 0.0462 e. The lowest BCUT2D eigenvalue weighted by Crippen LogP contribution is -2.10. The molecule has 0 spiro atoms. The van der Waals surface area contributed by atoms with Crippen LogP contribution in [0.5, 0.6) is 0 Å². The van der Waals surface area contributed by atoms with Gasteiger partial charge in [-0.2, -0.15) is 0 Å². The van der Waals surface area contributed by atoms with Crippen molar-refractivity contribution < 1.29 is 0 Å². The van der Waals surface area contributed by atoms with Gasteiger partial charge in [0.2, 0.25) is 0 Å². The van der Waals surface area contributed by atoms with E-state index in [1.165, 1.54) is 29.5 Å². The Hall–Kier alpha value is -5.66. The van der Waals surface area contributed by atoms with Gasteiger partial charge in [0, 0.05) is 17.1 Å². The van der Waals surface area contributed by atoms with E-state index in [4.69, 9.17) is 0 Å². The molecule has 0 atom stereocenters. The highest BCUT2D eigenvalue weighted by atomic mass is 15.1. The van der Waals surface area contributed by atoms with Crippen molar-refractivity contribution in [2.75, 3.05) is 4.90 Å². The SMILES string of the molecule is CCCCc1ccc(N(c2ccc(/C=C/C=C/C=C/c3ccccc3)cc2)c2ccc(/C=C/C=C/C=C/c3ccccc3)cc2)cc1. The van der Waals surface area contributed by atoms with Gasteiger partial charge in [0.1, 0.15) is 0 Å². The molecule has 0 radical (unpaired) electrons. The number of unbranched alkanes of at least 4 members (excludes halogenated alkanes) is 1. The number of allylic oxidation sites excluding steroid dienone is 8. The van der Waals surface area contributed by atoms with Crippen molar-refractivity contribution >= 4 is 41.4 Å². The molecule has 0 N–H and O–H groups in total. The van der Waals surface area contributed by atoms with Gasteiger partial charge >= 0.3 is 0 Å². The van der Waals surface area contributed by atoms with E-state index in [-0.39, 0.29) is 0 Å². The van der Waals surface area contributed by atoms with E-state index in [1.54, 1.807) is 0 Å². The normalized spacial score (nSPS) is 12.1. The Bertz CT molecular complexity index is 1690. The number of benzene rings is 5. The number of anilines is 3. The molecule has 47 heavy (non-hydrogen) atoms. The van der Waals surface area contributed by atoms with Crippen molar-refractivity contribution in [1.29, 1.82) is 0 Å². The standard InChI is InChI=1S/C46H43N/c1-2-3-18-41-27-33-44(34-28-41)47(45-35-29-42(30-36-45)25-12-6-4-10-19-39-21-14-8-15-22-39)46-37-31-43(32-38-46)26-13-7-5-11-20-40-23-16-9-17-24-40/h4-17,19-38H,2-3,18H2,1H3/b6-4+,7-5+,19-10+,20-11+,25-12+,26-13+. The second kappa shape index (κ2) is 18.3. The molecule has 0 saturated heterocycles. The number of aryl methyl sites for hydroxylation is 1. The zero-order chi connectivity index (χ0) is 32.4. The molecule has 0 saturated carbocycles. The van der Waals surface area contributed by atoms with Gasteiger partial charge in [0.25, 0.3) is 0 Å². The predicted molar refractivity (Wildman–Crippen MR) is 207 cm³/mol. The molecular formula is C46H43N. The number of hydrogen-bond donors (Lipinski definition) is 0. The van der Waals surface area contributed by atoms with Crippen LogP contribution >= 0.6 is 0 Å². The molecule has 0 bridgehead atoms. The molecule has 5 aromatic carbocycles. The Balaban J connectivity index is 1.28. The molecule has 0 heterocycles. The summed E-state index contributed by atoms with van der Waals surface area (Å²) in [6, 6.07) is 47.2. The third-order valence-electron chi connectivity index (χ3n) is 7.74. The average molecular weight is 610 g/mol. The van der Waals surface area contributed by atoms with Gasteiger partial charge in [-0.3, -0.25) is 0 Å². The van der Waals surface area contributed by atoms with E-state index in [9.17, 15) is 0 Å². The molecule has 0 aliphatic rings. The Morgan fingerprint density at radius 3 is 1.09 bits per heavy atom.